The molecule has 0 spiro atoms. The summed E-state index contributed by atoms with van der Waals surface area (Å²) in [6.07, 6.45) is 4.21. The Hall–Kier alpha value is -5.16. The molecule has 0 aliphatic carbocycles. The molecule has 0 fully saturated rings. The van der Waals surface area contributed by atoms with Crippen molar-refractivity contribution in [2.24, 2.45) is 5.16 Å². The quantitative estimate of drug-likeness (QED) is 0.247. The molecular weight excluding hydrogens is 625 g/mol. The summed E-state index contributed by atoms with van der Waals surface area (Å²) in [7, 11) is 0. The third-order valence-electron chi connectivity index (χ3n) is 7.82. The van der Waals surface area contributed by atoms with Crippen molar-refractivity contribution in [1.82, 2.24) is 14.9 Å². The highest BCUT2D eigenvalue weighted by Gasteiger charge is 2.42. The fourth-order valence-electron chi connectivity index (χ4n) is 5.72. The molecule has 0 bridgehead atoms. The van der Waals surface area contributed by atoms with Crippen molar-refractivity contribution in [2.75, 3.05) is 11.9 Å². The van der Waals surface area contributed by atoms with Crippen LogP contribution in [0.25, 0.3) is 11.1 Å². The Balaban J connectivity index is 1.29. The molecule has 3 heterocycles. The number of hydrogen-bond donors (Lipinski definition) is 1. The van der Waals surface area contributed by atoms with Crippen LogP contribution in [0.5, 0.6) is 0 Å². The molecule has 1 aromatic heterocycles. The second-order valence-electron chi connectivity index (χ2n) is 12.2. The van der Waals surface area contributed by atoms with Crippen molar-refractivity contribution in [3.05, 3.63) is 112 Å². The van der Waals surface area contributed by atoms with Gasteiger partial charge in [0, 0.05) is 42.2 Å². The van der Waals surface area contributed by atoms with Crippen LogP contribution in [-0.2, 0) is 25.6 Å². The van der Waals surface area contributed by atoms with Crippen LogP contribution in [0.1, 0.15) is 60.3 Å². The summed E-state index contributed by atoms with van der Waals surface area (Å²) in [5, 5.41) is 6.84. The fraction of sp³-hybridized carbons (Fsp3) is 0.257. The Morgan fingerprint density at radius 1 is 1.00 bits per heavy atom. The Bertz CT molecular complexity index is 1880. The predicted octanol–water partition coefficient (Wildman–Crippen LogP) is 6.15. The number of nitrogens with one attached hydrogen (secondary N) is 1. The highest BCUT2D eigenvalue weighted by atomic mass is 35.5. The van der Waals surface area contributed by atoms with Gasteiger partial charge in [0.25, 0.3) is 11.8 Å². The first-order valence-electron chi connectivity index (χ1n) is 15.0. The van der Waals surface area contributed by atoms with Crippen LogP contribution in [0.2, 0.25) is 5.02 Å². The third kappa shape index (κ3) is 6.71. The van der Waals surface area contributed by atoms with Crippen LogP contribution in [0, 0.1) is 5.82 Å². The number of esters is 1. The molecule has 4 aromatic rings. The number of amides is 2. The maximum absolute atomic E-state index is 14.7. The van der Waals surface area contributed by atoms with Gasteiger partial charge < -0.3 is 19.8 Å². The molecule has 2 aliphatic heterocycles. The van der Waals surface area contributed by atoms with Crippen molar-refractivity contribution in [3.63, 3.8) is 0 Å². The van der Waals surface area contributed by atoms with Gasteiger partial charge in [-0.1, -0.05) is 41.0 Å². The van der Waals surface area contributed by atoms with Crippen molar-refractivity contribution in [3.8, 4) is 11.1 Å². The molecule has 0 saturated carbocycles. The van der Waals surface area contributed by atoms with E-state index in [0.717, 1.165) is 16.7 Å². The summed E-state index contributed by atoms with van der Waals surface area (Å²) in [6, 6.07) is 15.4. The summed E-state index contributed by atoms with van der Waals surface area (Å²) < 4.78 is 20.2. The van der Waals surface area contributed by atoms with Gasteiger partial charge in [0.1, 0.15) is 18.0 Å². The van der Waals surface area contributed by atoms with Gasteiger partial charge in [-0.15, -0.1) is 0 Å². The SMILES string of the molecule is CC(C)(C)OC(=O)c1ccc(NC(=O)[C@H]2c3cccc(-c4cncnc4)c3CCN2C(=O)C2CC(c3cccc(Cl)c3F)=NO2)cc1. The topological polar surface area (TPSA) is 123 Å². The molecular formula is C35H31ClFN5O5. The number of rotatable bonds is 6. The number of nitrogens with zero attached hydrogens (tertiary/aromatic N) is 4. The zero-order chi connectivity index (χ0) is 33.3. The maximum Gasteiger partial charge on any atom is 0.338 e. The average Bonchev–Trinajstić information content (AvgIpc) is 3.55. The van der Waals surface area contributed by atoms with Gasteiger partial charge in [-0.25, -0.2) is 19.2 Å². The van der Waals surface area contributed by atoms with Gasteiger partial charge in [-0.05, 0) is 80.3 Å². The fourth-order valence-corrected chi connectivity index (χ4v) is 5.89. The molecule has 0 radical (unpaired) electrons. The number of ether oxygens (including phenoxy) is 1. The number of hydrogen-bond acceptors (Lipinski definition) is 8. The van der Waals surface area contributed by atoms with Gasteiger partial charge in [0.15, 0.2) is 5.82 Å². The summed E-state index contributed by atoms with van der Waals surface area (Å²) >= 11 is 5.97. The largest absolute Gasteiger partial charge is 0.456 e. The van der Waals surface area contributed by atoms with E-state index in [4.69, 9.17) is 21.2 Å². The second-order valence-corrected chi connectivity index (χ2v) is 12.6. The van der Waals surface area contributed by atoms with E-state index in [1.807, 2.05) is 18.2 Å². The van der Waals surface area contributed by atoms with Crippen LogP contribution in [0.4, 0.5) is 10.1 Å². The lowest BCUT2D eigenvalue weighted by Gasteiger charge is -2.38. The Labute approximate surface area is 275 Å². The predicted molar refractivity (Wildman–Crippen MR) is 173 cm³/mol. The highest BCUT2D eigenvalue weighted by Crippen LogP contribution is 2.38. The number of oxime groups is 1. The maximum atomic E-state index is 14.7. The Morgan fingerprint density at radius 2 is 1.70 bits per heavy atom. The van der Waals surface area contributed by atoms with E-state index in [-0.39, 0.29) is 29.3 Å². The minimum atomic E-state index is -1.07. The van der Waals surface area contributed by atoms with Gasteiger partial charge in [-0.3, -0.25) is 9.59 Å². The molecule has 2 aliphatic rings. The van der Waals surface area contributed by atoms with E-state index in [1.54, 1.807) is 63.5 Å². The second kappa shape index (κ2) is 12.9. The van der Waals surface area contributed by atoms with E-state index >= 15 is 0 Å². The van der Waals surface area contributed by atoms with Crippen LogP contribution in [0.3, 0.4) is 0 Å². The standard InChI is InChI=1S/C35H31ClFN5O5/c1-35(2,3)46-34(45)20-10-12-22(13-11-20)40-32(43)31-25-7-4-6-23(21-17-38-19-39-18-21)24(25)14-15-42(31)33(44)29-16-28(41-47-29)26-8-5-9-27(36)30(26)37/h4-13,17-19,29,31H,14-16H2,1-3H3,(H,40,43)/t29?,31-/m1/s1. The van der Waals surface area contributed by atoms with Crippen LogP contribution in [0.15, 0.2) is 84.5 Å². The summed E-state index contributed by atoms with van der Waals surface area (Å²) in [4.78, 5) is 56.0. The molecule has 1 N–H and O–H groups in total. The summed E-state index contributed by atoms with van der Waals surface area (Å²) in [6.45, 7) is 5.55. The monoisotopic (exact) mass is 655 g/mol. The molecule has 0 saturated heterocycles. The molecule has 2 atom stereocenters. The molecule has 10 nitrogen and oxygen atoms in total. The smallest absolute Gasteiger partial charge is 0.338 e. The van der Waals surface area contributed by atoms with E-state index in [2.05, 4.69) is 20.4 Å². The first-order valence-corrected chi connectivity index (χ1v) is 15.4. The normalized spacial score (nSPS) is 17.3. The number of aromatic nitrogens is 2. The lowest BCUT2D eigenvalue weighted by atomic mass is 9.86. The van der Waals surface area contributed by atoms with Crippen molar-refractivity contribution >= 4 is 40.8 Å². The number of anilines is 1. The lowest BCUT2D eigenvalue weighted by molar-refractivity contribution is -0.148. The van der Waals surface area contributed by atoms with Crippen molar-refractivity contribution in [1.29, 1.82) is 0 Å². The van der Waals surface area contributed by atoms with Gasteiger partial charge in [0.05, 0.1) is 16.3 Å². The van der Waals surface area contributed by atoms with E-state index in [0.29, 0.717) is 23.2 Å². The minimum absolute atomic E-state index is 0.00130. The Kier molecular flexibility index (Phi) is 8.74. The minimum Gasteiger partial charge on any atom is -0.456 e. The summed E-state index contributed by atoms with van der Waals surface area (Å²) in [5.74, 6) is -2.07. The average molecular weight is 656 g/mol. The van der Waals surface area contributed by atoms with Crippen molar-refractivity contribution in [2.45, 2.75) is 51.4 Å². The molecule has 12 heteroatoms. The molecule has 2 amide bonds. The summed E-state index contributed by atoms with van der Waals surface area (Å²) in [5.41, 5.74) is 3.65. The van der Waals surface area contributed by atoms with E-state index in [1.165, 1.54) is 23.4 Å². The zero-order valence-electron chi connectivity index (χ0n) is 25.9. The molecule has 47 heavy (non-hydrogen) atoms. The molecule has 1 unspecified atom stereocenters. The third-order valence-corrected chi connectivity index (χ3v) is 8.11. The van der Waals surface area contributed by atoms with Gasteiger partial charge >= 0.3 is 5.97 Å². The number of fused-ring (bicyclic) bond motifs is 1. The molecule has 6 rings (SSSR count). The van der Waals surface area contributed by atoms with E-state index < -0.39 is 41.3 Å². The number of benzene rings is 3. The number of carbonyl (C=O) groups is 3. The number of halogens is 2. The zero-order valence-corrected chi connectivity index (χ0v) is 26.6. The van der Waals surface area contributed by atoms with Crippen molar-refractivity contribution < 1.29 is 28.3 Å². The molecule has 240 valence electrons. The van der Waals surface area contributed by atoms with Crippen LogP contribution in [-0.4, -0.2) is 56.6 Å². The Morgan fingerprint density at radius 3 is 2.43 bits per heavy atom. The first kappa shape index (κ1) is 31.8. The first-order chi connectivity index (χ1) is 22.5. The van der Waals surface area contributed by atoms with Gasteiger partial charge in [-0.2, -0.15) is 0 Å². The lowest BCUT2D eigenvalue weighted by Crippen LogP contribution is -2.49. The molecule has 3 aromatic carbocycles. The van der Waals surface area contributed by atoms with Crippen LogP contribution < -0.4 is 5.32 Å². The van der Waals surface area contributed by atoms with Crippen LogP contribution >= 0.6 is 11.6 Å². The highest BCUT2D eigenvalue weighted by molar-refractivity contribution is 6.31. The number of carbonyl (C=O) groups excluding carboxylic acids is 3. The van der Waals surface area contributed by atoms with Gasteiger partial charge in [0.2, 0.25) is 6.10 Å². The van der Waals surface area contributed by atoms with E-state index in [9.17, 15) is 18.8 Å².